The van der Waals surface area contributed by atoms with Crippen LogP contribution in [0.4, 0.5) is 5.69 Å². The molecule has 1 aliphatic rings. The van der Waals surface area contributed by atoms with Crippen LogP contribution in [0.1, 0.15) is 41.7 Å². The second-order valence-electron chi connectivity index (χ2n) is 6.74. The maximum absolute atomic E-state index is 12.3. The molecule has 2 N–H and O–H groups in total. The van der Waals surface area contributed by atoms with E-state index in [1.165, 1.54) is 0 Å². The molecule has 0 radical (unpaired) electrons. The highest BCUT2D eigenvalue weighted by molar-refractivity contribution is 6.31. The van der Waals surface area contributed by atoms with Crippen LogP contribution in [0.15, 0.2) is 48.5 Å². The number of nitrogens with zero attached hydrogens (tertiary/aromatic N) is 1. The van der Waals surface area contributed by atoms with E-state index in [0.29, 0.717) is 10.6 Å². The average Bonchev–Trinajstić information content (AvgIpc) is 3.21. The van der Waals surface area contributed by atoms with Gasteiger partial charge < -0.3 is 15.5 Å². The van der Waals surface area contributed by atoms with Gasteiger partial charge in [0.2, 0.25) is 5.91 Å². The van der Waals surface area contributed by atoms with E-state index in [1.54, 1.807) is 12.1 Å². The molecule has 2 aromatic carbocycles. The molecule has 2 aromatic rings. The van der Waals surface area contributed by atoms with Crippen LogP contribution in [0, 0.1) is 0 Å². The summed E-state index contributed by atoms with van der Waals surface area (Å²) < 4.78 is 0. The van der Waals surface area contributed by atoms with Crippen LogP contribution in [0.5, 0.6) is 0 Å². The molecule has 5 nitrogen and oxygen atoms in total. The quantitative estimate of drug-likeness (QED) is 0.793. The van der Waals surface area contributed by atoms with Gasteiger partial charge >= 0.3 is 0 Å². The highest BCUT2D eigenvalue weighted by Crippen LogP contribution is 2.22. The molecule has 0 bridgehead atoms. The van der Waals surface area contributed by atoms with Gasteiger partial charge in [-0.25, -0.2) is 0 Å². The Morgan fingerprint density at radius 2 is 1.74 bits per heavy atom. The average molecular weight is 386 g/mol. The van der Waals surface area contributed by atoms with Crippen LogP contribution >= 0.6 is 11.6 Å². The van der Waals surface area contributed by atoms with E-state index in [1.807, 2.05) is 48.2 Å². The summed E-state index contributed by atoms with van der Waals surface area (Å²) in [5, 5.41) is 6.64. The van der Waals surface area contributed by atoms with Crippen molar-refractivity contribution in [1.29, 1.82) is 0 Å². The zero-order valence-electron chi connectivity index (χ0n) is 15.4. The van der Waals surface area contributed by atoms with Crippen molar-refractivity contribution in [2.45, 2.75) is 25.8 Å². The number of rotatable bonds is 6. The number of carbonyl (C=O) groups excluding carboxylic acids is 2. The first-order chi connectivity index (χ1) is 13.0. The Kier molecular flexibility index (Phi) is 6.35. The minimum Gasteiger partial charge on any atom is -0.376 e. The molecule has 0 unspecified atom stereocenters. The Morgan fingerprint density at radius 1 is 1.07 bits per heavy atom. The molecule has 1 fully saturated rings. The van der Waals surface area contributed by atoms with Crippen LogP contribution in [0.25, 0.3) is 0 Å². The number of anilines is 1. The van der Waals surface area contributed by atoms with Crippen molar-refractivity contribution in [3.63, 3.8) is 0 Å². The molecule has 0 aliphatic carbocycles. The summed E-state index contributed by atoms with van der Waals surface area (Å²) >= 11 is 6.17. The monoisotopic (exact) mass is 385 g/mol. The van der Waals surface area contributed by atoms with Gasteiger partial charge in [0, 0.05) is 29.4 Å². The van der Waals surface area contributed by atoms with E-state index >= 15 is 0 Å². The number of halogens is 1. The Balaban J connectivity index is 1.50. The van der Waals surface area contributed by atoms with Gasteiger partial charge in [-0.3, -0.25) is 9.59 Å². The van der Waals surface area contributed by atoms with Gasteiger partial charge in [0.1, 0.15) is 0 Å². The van der Waals surface area contributed by atoms with E-state index < -0.39 is 0 Å². The fourth-order valence-electron chi connectivity index (χ4n) is 3.21. The molecule has 3 rings (SSSR count). The number of hydrogen-bond donors (Lipinski definition) is 2. The highest BCUT2D eigenvalue weighted by atomic mass is 35.5. The Morgan fingerprint density at radius 3 is 2.41 bits per heavy atom. The fourth-order valence-corrected chi connectivity index (χ4v) is 3.51. The summed E-state index contributed by atoms with van der Waals surface area (Å²) in [5.74, 6) is -0.0509. The lowest BCUT2D eigenvalue weighted by Crippen LogP contribution is -2.32. The van der Waals surface area contributed by atoms with E-state index in [9.17, 15) is 9.59 Å². The van der Waals surface area contributed by atoms with Crippen molar-refractivity contribution >= 4 is 29.1 Å². The third kappa shape index (κ3) is 5.01. The van der Waals surface area contributed by atoms with Crippen molar-refractivity contribution in [1.82, 2.24) is 10.2 Å². The molecule has 1 heterocycles. The molecule has 142 valence electrons. The van der Waals surface area contributed by atoms with E-state index in [-0.39, 0.29) is 24.4 Å². The highest BCUT2D eigenvalue weighted by Gasteiger charge is 2.19. The second kappa shape index (κ2) is 8.91. The molecule has 6 heteroatoms. The third-order valence-corrected chi connectivity index (χ3v) is 5.07. The molecule has 2 amide bonds. The van der Waals surface area contributed by atoms with Gasteiger partial charge in [-0.15, -0.1) is 0 Å². The second-order valence-corrected chi connectivity index (χ2v) is 7.15. The van der Waals surface area contributed by atoms with Gasteiger partial charge in [0.25, 0.3) is 5.91 Å². The van der Waals surface area contributed by atoms with Crippen LogP contribution in [-0.4, -0.2) is 36.3 Å². The van der Waals surface area contributed by atoms with Gasteiger partial charge in [-0.1, -0.05) is 29.8 Å². The fraction of sp³-hybridized carbons (Fsp3) is 0.333. The van der Waals surface area contributed by atoms with Crippen molar-refractivity contribution in [3.05, 3.63) is 64.7 Å². The first-order valence-corrected chi connectivity index (χ1v) is 9.59. The van der Waals surface area contributed by atoms with Gasteiger partial charge in [0.05, 0.1) is 12.6 Å². The number of benzene rings is 2. The molecule has 0 aromatic heterocycles. The SMILES string of the molecule is C[C@@H](NC(=O)CNc1ccc(C(=O)N2CCCC2)cc1)c1ccccc1Cl. The predicted octanol–water partition coefficient (Wildman–Crippen LogP) is 3.87. The first kappa shape index (κ1) is 19.2. The molecular formula is C21H24ClN3O2. The predicted molar refractivity (Wildman–Crippen MR) is 108 cm³/mol. The normalized spacial score (nSPS) is 14.7. The number of hydrogen-bond acceptors (Lipinski definition) is 3. The zero-order chi connectivity index (χ0) is 19.2. The summed E-state index contributed by atoms with van der Waals surface area (Å²) in [5.41, 5.74) is 2.37. The Labute approximate surface area is 164 Å². The number of likely N-dealkylation sites (tertiary alicyclic amines) is 1. The summed E-state index contributed by atoms with van der Waals surface area (Å²) in [7, 11) is 0. The maximum Gasteiger partial charge on any atom is 0.253 e. The lowest BCUT2D eigenvalue weighted by molar-refractivity contribution is -0.120. The van der Waals surface area contributed by atoms with Gasteiger partial charge in [-0.05, 0) is 55.7 Å². The van der Waals surface area contributed by atoms with Crippen LogP contribution in [0.2, 0.25) is 5.02 Å². The lowest BCUT2D eigenvalue weighted by atomic mass is 10.1. The molecule has 1 atom stereocenters. The Bertz CT molecular complexity index is 801. The van der Waals surface area contributed by atoms with Crippen LogP contribution in [-0.2, 0) is 4.79 Å². The zero-order valence-corrected chi connectivity index (χ0v) is 16.1. The smallest absolute Gasteiger partial charge is 0.253 e. The van der Waals surface area contributed by atoms with Crippen LogP contribution < -0.4 is 10.6 Å². The lowest BCUT2D eigenvalue weighted by Gasteiger charge is -2.17. The molecular weight excluding hydrogens is 362 g/mol. The number of amides is 2. The van der Waals surface area contributed by atoms with Gasteiger partial charge in [0.15, 0.2) is 0 Å². The number of nitrogens with one attached hydrogen (secondary N) is 2. The van der Waals surface area contributed by atoms with Crippen molar-refractivity contribution < 1.29 is 9.59 Å². The van der Waals surface area contributed by atoms with Crippen molar-refractivity contribution in [3.8, 4) is 0 Å². The summed E-state index contributed by atoms with van der Waals surface area (Å²) in [4.78, 5) is 26.4. The summed E-state index contributed by atoms with van der Waals surface area (Å²) in [6, 6.07) is 14.5. The minimum atomic E-state index is -0.173. The van der Waals surface area contributed by atoms with E-state index in [4.69, 9.17) is 11.6 Å². The molecule has 0 spiro atoms. The standard InChI is InChI=1S/C21H24ClN3O2/c1-15(18-6-2-3-7-19(18)22)24-20(26)14-23-17-10-8-16(9-11-17)21(27)25-12-4-5-13-25/h2-3,6-11,15,23H,4-5,12-14H2,1H3,(H,24,26)/t15-/m1/s1. The molecule has 1 saturated heterocycles. The summed E-state index contributed by atoms with van der Waals surface area (Å²) in [6.07, 6.45) is 2.15. The minimum absolute atomic E-state index is 0.0744. The topological polar surface area (TPSA) is 61.4 Å². The van der Waals surface area contributed by atoms with Crippen molar-refractivity contribution in [2.75, 3.05) is 25.0 Å². The molecule has 27 heavy (non-hydrogen) atoms. The largest absolute Gasteiger partial charge is 0.376 e. The van der Waals surface area contributed by atoms with E-state index in [0.717, 1.165) is 37.2 Å². The maximum atomic E-state index is 12.3. The van der Waals surface area contributed by atoms with Crippen LogP contribution in [0.3, 0.4) is 0 Å². The number of carbonyl (C=O) groups is 2. The van der Waals surface area contributed by atoms with E-state index in [2.05, 4.69) is 10.6 Å². The molecule has 1 aliphatic heterocycles. The summed E-state index contributed by atoms with van der Waals surface area (Å²) in [6.45, 7) is 3.72. The Hall–Kier alpha value is -2.53. The molecule has 0 saturated carbocycles. The van der Waals surface area contributed by atoms with Crippen molar-refractivity contribution in [2.24, 2.45) is 0 Å². The van der Waals surface area contributed by atoms with Gasteiger partial charge in [-0.2, -0.15) is 0 Å². The first-order valence-electron chi connectivity index (χ1n) is 9.21. The third-order valence-electron chi connectivity index (χ3n) is 4.73.